The van der Waals surface area contributed by atoms with Crippen LogP contribution in [-0.2, 0) is 4.79 Å². The molecule has 0 bridgehead atoms. The second-order valence-corrected chi connectivity index (χ2v) is 7.75. The summed E-state index contributed by atoms with van der Waals surface area (Å²) in [6.45, 7) is 1.97. The van der Waals surface area contributed by atoms with E-state index in [1.54, 1.807) is 17.0 Å². The molecule has 2 aliphatic rings. The van der Waals surface area contributed by atoms with E-state index in [1.807, 2.05) is 30.3 Å². The summed E-state index contributed by atoms with van der Waals surface area (Å²) in [6, 6.07) is 12.9. The number of benzene rings is 2. The van der Waals surface area contributed by atoms with Crippen LogP contribution in [0.4, 0.5) is 15.6 Å². The van der Waals surface area contributed by atoms with E-state index in [1.165, 1.54) is 16.2 Å². The first-order chi connectivity index (χ1) is 14.2. The van der Waals surface area contributed by atoms with Gasteiger partial charge in [0.15, 0.2) is 16.6 Å². The Morgan fingerprint density at radius 3 is 2.79 bits per heavy atom. The highest BCUT2D eigenvalue weighted by molar-refractivity contribution is 7.22. The van der Waals surface area contributed by atoms with Gasteiger partial charge in [0.05, 0.1) is 10.2 Å². The van der Waals surface area contributed by atoms with Crippen molar-refractivity contribution in [2.24, 2.45) is 0 Å². The molecule has 3 heterocycles. The first kappa shape index (κ1) is 17.7. The van der Waals surface area contributed by atoms with Gasteiger partial charge in [-0.05, 0) is 24.3 Å². The van der Waals surface area contributed by atoms with Gasteiger partial charge in [-0.3, -0.25) is 9.69 Å². The van der Waals surface area contributed by atoms with Crippen molar-refractivity contribution in [3.8, 4) is 11.5 Å². The summed E-state index contributed by atoms with van der Waals surface area (Å²) in [4.78, 5) is 32.8. The van der Waals surface area contributed by atoms with Crippen LogP contribution in [0, 0.1) is 0 Å². The minimum atomic E-state index is -0.263. The average Bonchev–Trinajstić information content (AvgIpc) is 3.30. The van der Waals surface area contributed by atoms with Crippen LogP contribution in [0.5, 0.6) is 11.5 Å². The lowest BCUT2D eigenvalue weighted by Gasteiger charge is -2.22. The molecule has 0 aliphatic carbocycles. The van der Waals surface area contributed by atoms with Gasteiger partial charge in [-0.2, -0.15) is 0 Å². The molecule has 1 fully saturated rings. The lowest BCUT2D eigenvalue weighted by molar-refractivity contribution is -0.116. The van der Waals surface area contributed by atoms with E-state index in [0.717, 1.165) is 15.9 Å². The molecule has 0 spiro atoms. The summed E-state index contributed by atoms with van der Waals surface area (Å²) in [7, 11) is 0. The summed E-state index contributed by atoms with van der Waals surface area (Å²) in [5.74, 6) is 1.05. The molecule has 0 radical (unpaired) electrons. The molecule has 0 saturated carbocycles. The summed E-state index contributed by atoms with van der Waals surface area (Å²) in [6.07, 6.45) is 0. The molecule has 8 nitrogen and oxygen atoms in total. The van der Waals surface area contributed by atoms with Crippen molar-refractivity contribution in [2.75, 3.05) is 43.1 Å². The number of anilines is 2. The Morgan fingerprint density at radius 2 is 1.93 bits per heavy atom. The number of nitrogens with one attached hydrogen (secondary N) is 1. The summed E-state index contributed by atoms with van der Waals surface area (Å²) in [5.41, 5.74) is 1.57. The smallest absolute Gasteiger partial charge is 0.325 e. The van der Waals surface area contributed by atoms with Crippen LogP contribution in [0.25, 0.3) is 10.2 Å². The number of fused-ring (bicyclic) bond motifs is 2. The van der Waals surface area contributed by atoms with Gasteiger partial charge in [-0.1, -0.05) is 23.5 Å². The fraction of sp³-hybridized carbons (Fsp3) is 0.250. The molecule has 1 saturated heterocycles. The first-order valence-electron chi connectivity index (χ1n) is 9.29. The minimum absolute atomic E-state index is 0.0180. The van der Waals surface area contributed by atoms with Gasteiger partial charge in [0.25, 0.3) is 0 Å². The van der Waals surface area contributed by atoms with Crippen molar-refractivity contribution in [3.63, 3.8) is 0 Å². The molecule has 1 aromatic heterocycles. The monoisotopic (exact) mass is 410 g/mol. The lowest BCUT2D eigenvalue weighted by atomic mass is 10.2. The van der Waals surface area contributed by atoms with Gasteiger partial charge < -0.3 is 19.7 Å². The number of carbonyl (C=O) groups is 2. The number of ether oxygens (including phenoxy) is 2. The van der Waals surface area contributed by atoms with Gasteiger partial charge in [0.1, 0.15) is 19.8 Å². The standard InChI is InChI=1S/C20H18N4O4S/c25-18(22-19-21-14-3-1-2-4-17(14)29-19)12-23-7-8-24(20(23)26)13-5-6-15-16(11-13)28-10-9-27-15/h1-6,11H,7-10,12H2,(H,21,22,25). The Labute approximate surface area is 170 Å². The van der Waals surface area contributed by atoms with Gasteiger partial charge in [-0.25, -0.2) is 9.78 Å². The van der Waals surface area contributed by atoms with Crippen molar-refractivity contribution in [2.45, 2.75) is 0 Å². The molecular formula is C20H18N4O4S. The van der Waals surface area contributed by atoms with Crippen LogP contribution in [-0.4, -0.2) is 54.7 Å². The molecule has 148 valence electrons. The summed E-state index contributed by atoms with van der Waals surface area (Å²) < 4.78 is 12.1. The molecule has 3 aromatic rings. The Kier molecular flexibility index (Phi) is 4.44. The third-order valence-electron chi connectivity index (χ3n) is 4.81. The highest BCUT2D eigenvalue weighted by Gasteiger charge is 2.31. The highest BCUT2D eigenvalue weighted by Crippen LogP contribution is 2.35. The number of aromatic nitrogens is 1. The number of nitrogens with zero attached hydrogens (tertiary/aromatic N) is 3. The quantitative estimate of drug-likeness (QED) is 0.715. The number of hydrogen-bond donors (Lipinski definition) is 1. The first-order valence-corrected chi connectivity index (χ1v) is 10.1. The number of rotatable bonds is 4. The average molecular weight is 410 g/mol. The van der Waals surface area contributed by atoms with Crippen molar-refractivity contribution < 1.29 is 19.1 Å². The van der Waals surface area contributed by atoms with Gasteiger partial charge in [0, 0.05) is 24.8 Å². The number of thiazole rings is 1. The summed E-state index contributed by atoms with van der Waals surface area (Å²) >= 11 is 1.41. The number of hydrogen-bond acceptors (Lipinski definition) is 6. The normalized spacial score (nSPS) is 15.8. The molecule has 2 aromatic carbocycles. The van der Waals surface area contributed by atoms with E-state index in [2.05, 4.69) is 10.3 Å². The fourth-order valence-corrected chi connectivity index (χ4v) is 4.31. The van der Waals surface area contributed by atoms with Crippen LogP contribution in [0.15, 0.2) is 42.5 Å². The number of carbonyl (C=O) groups excluding carboxylic acids is 2. The van der Waals surface area contributed by atoms with Crippen molar-refractivity contribution in [1.82, 2.24) is 9.88 Å². The summed E-state index contributed by atoms with van der Waals surface area (Å²) in [5, 5.41) is 3.33. The van der Waals surface area contributed by atoms with E-state index in [0.29, 0.717) is 42.9 Å². The Balaban J connectivity index is 1.24. The van der Waals surface area contributed by atoms with Crippen LogP contribution in [0.2, 0.25) is 0 Å². The molecule has 3 amide bonds. The molecule has 29 heavy (non-hydrogen) atoms. The van der Waals surface area contributed by atoms with Gasteiger partial charge in [-0.15, -0.1) is 0 Å². The second-order valence-electron chi connectivity index (χ2n) is 6.72. The third-order valence-corrected chi connectivity index (χ3v) is 5.76. The van der Waals surface area contributed by atoms with Crippen LogP contribution in [0.3, 0.4) is 0 Å². The van der Waals surface area contributed by atoms with Crippen LogP contribution < -0.4 is 19.7 Å². The molecule has 1 N–H and O–H groups in total. The zero-order chi connectivity index (χ0) is 19.8. The minimum Gasteiger partial charge on any atom is -0.486 e. The lowest BCUT2D eigenvalue weighted by Crippen LogP contribution is -2.37. The second kappa shape index (κ2) is 7.25. The number of para-hydroxylation sites is 1. The third kappa shape index (κ3) is 3.44. The van der Waals surface area contributed by atoms with Crippen molar-refractivity contribution in [3.05, 3.63) is 42.5 Å². The maximum Gasteiger partial charge on any atom is 0.325 e. The maximum atomic E-state index is 12.8. The Morgan fingerprint density at radius 1 is 1.10 bits per heavy atom. The van der Waals surface area contributed by atoms with Crippen LogP contribution in [0.1, 0.15) is 0 Å². The number of urea groups is 1. The van der Waals surface area contributed by atoms with Gasteiger partial charge in [0.2, 0.25) is 5.91 Å². The highest BCUT2D eigenvalue weighted by atomic mass is 32.1. The van der Waals surface area contributed by atoms with Gasteiger partial charge >= 0.3 is 6.03 Å². The largest absolute Gasteiger partial charge is 0.486 e. The van der Waals surface area contributed by atoms with E-state index < -0.39 is 0 Å². The topological polar surface area (TPSA) is 84.0 Å². The molecule has 5 rings (SSSR count). The van der Waals surface area contributed by atoms with Crippen molar-refractivity contribution >= 4 is 44.3 Å². The molecule has 2 aliphatic heterocycles. The van der Waals surface area contributed by atoms with E-state index in [-0.39, 0.29) is 18.5 Å². The van der Waals surface area contributed by atoms with Crippen LogP contribution >= 0.6 is 11.3 Å². The predicted molar refractivity (Wildman–Crippen MR) is 110 cm³/mol. The molecule has 9 heteroatoms. The number of amides is 3. The predicted octanol–water partition coefficient (Wildman–Crippen LogP) is 2.95. The van der Waals surface area contributed by atoms with E-state index >= 15 is 0 Å². The molecular weight excluding hydrogens is 392 g/mol. The SMILES string of the molecule is O=C(CN1CCN(c2ccc3c(c2)OCCO3)C1=O)Nc1nc2ccccc2s1. The Hall–Kier alpha value is -3.33. The van der Waals surface area contributed by atoms with E-state index in [9.17, 15) is 9.59 Å². The molecule has 0 atom stereocenters. The maximum absolute atomic E-state index is 12.8. The zero-order valence-corrected chi connectivity index (χ0v) is 16.3. The van der Waals surface area contributed by atoms with E-state index in [4.69, 9.17) is 9.47 Å². The molecule has 0 unspecified atom stereocenters. The fourth-order valence-electron chi connectivity index (χ4n) is 3.43. The van der Waals surface area contributed by atoms with Crippen molar-refractivity contribution in [1.29, 1.82) is 0 Å². The Bertz CT molecular complexity index is 1070. The zero-order valence-electron chi connectivity index (χ0n) is 15.5.